The van der Waals surface area contributed by atoms with Crippen LogP contribution in [0.3, 0.4) is 0 Å². The normalized spacial score (nSPS) is 15.2. The van der Waals surface area contributed by atoms with Crippen molar-refractivity contribution in [2.24, 2.45) is 28.1 Å². The zero-order valence-electron chi connectivity index (χ0n) is 39.9. The number of aliphatic carboxylic acids is 1. The maximum Gasteiger partial charge on any atom is 0.303 e. The van der Waals surface area contributed by atoms with E-state index in [1.807, 2.05) is 20.9 Å². The molecule has 2 aliphatic rings. The molecule has 5 rings (SSSR count). The average molecular weight is 988 g/mol. The van der Waals surface area contributed by atoms with Crippen LogP contribution in [0.25, 0.3) is 0 Å². The lowest BCUT2D eigenvalue weighted by molar-refractivity contribution is -0.137. The van der Waals surface area contributed by atoms with E-state index >= 15 is 0 Å². The number of amides is 2. The van der Waals surface area contributed by atoms with Gasteiger partial charge in [0.25, 0.3) is 0 Å². The maximum absolute atomic E-state index is 14.2. The minimum absolute atomic E-state index is 0. The summed E-state index contributed by atoms with van der Waals surface area (Å²) < 4.78 is 19.8. The molecule has 5 heterocycles. The number of piperazine rings is 2. The summed E-state index contributed by atoms with van der Waals surface area (Å²) in [4.78, 5) is 65.9. The molecule has 2 fully saturated rings. The van der Waals surface area contributed by atoms with Crippen molar-refractivity contribution in [1.29, 1.82) is 0 Å². The van der Waals surface area contributed by atoms with Gasteiger partial charge in [0, 0.05) is 84.3 Å². The molecular weight excluding hydrogens is 916 g/mol. The van der Waals surface area contributed by atoms with Gasteiger partial charge in [-0.15, -0.1) is 29.0 Å². The fraction of sp³-hybridized carbons (Fsp3) is 0.698. The molecule has 2 saturated heterocycles. The zero-order valence-corrected chi connectivity index (χ0v) is 40.8. The van der Waals surface area contributed by atoms with Crippen molar-refractivity contribution in [3.63, 3.8) is 0 Å². The van der Waals surface area contributed by atoms with Crippen LogP contribution in [0.1, 0.15) is 75.8 Å². The number of carboxylic acid groups (broad SMARTS) is 1. The number of unbranched alkanes of at least 4 members (excludes halogenated alkanes) is 1. The Bertz CT molecular complexity index is 2080. The second kappa shape index (κ2) is 29.8. The predicted octanol–water partition coefficient (Wildman–Crippen LogP) is -0.251. The van der Waals surface area contributed by atoms with E-state index in [1.165, 1.54) is 0 Å². The summed E-state index contributed by atoms with van der Waals surface area (Å²) >= 11 is 0. The minimum Gasteiger partial charge on any atom is -0.481 e. The summed E-state index contributed by atoms with van der Waals surface area (Å²) in [5, 5.41) is 29.5. The molecule has 3 atom stereocenters. The molecule has 69 heavy (non-hydrogen) atoms. The van der Waals surface area contributed by atoms with Gasteiger partial charge in [-0.3, -0.25) is 19.4 Å². The summed E-state index contributed by atoms with van der Waals surface area (Å²) in [6.45, 7) is 11.4. The Morgan fingerprint density at radius 2 is 1.39 bits per heavy atom. The average Bonchev–Trinajstić information content (AvgIpc) is 4.02. The van der Waals surface area contributed by atoms with E-state index in [2.05, 4.69) is 55.6 Å². The smallest absolute Gasteiger partial charge is 0.303 e. The molecule has 26 heteroatoms. The monoisotopic (exact) mass is 987 g/mol. The quantitative estimate of drug-likeness (QED) is 0.0249. The number of hydrogen-bond acceptors (Lipinski definition) is 18. The molecule has 382 valence electrons. The number of aliphatic imine (C=N–C) groups is 1. The number of nitrogens with zero attached hydrogens (tertiary/aromatic N) is 14. The highest BCUT2D eigenvalue weighted by Gasteiger charge is 2.35. The van der Waals surface area contributed by atoms with E-state index in [1.54, 1.807) is 15.6 Å². The molecule has 2 aliphatic heterocycles. The molecule has 0 spiro atoms. The fourth-order valence-electron chi connectivity index (χ4n) is 7.71. The second-order valence-electron chi connectivity index (χ2n) is 16.6. The van der Waals surface area contributed by atoms with E-state index in [9.17, 15) is 14.4 Å². The van der Waals surface area contributed by atoms with Gasteiger partial charge in [0.1, 0.15) is 18.7 Å². The largest absolute Gasteiger partial charge is 0.481 e. The van der Waals surface area contributed by atoms with Gasteiger partial charge >= 0.3 is 5.97 Å². The number of nitrogens with one attached hydrogen (secondary N) is 1. The second-order valence-corrected chi connectivity index (χ2v) is 16.6. The molecule has 3 aromatic heterocycles. The topological polar surface area (TPSA) is 315 Å². The Morgan fingerprint density at radius 1 is 0.812 bits per heavy atom. The Kier molecular flexibility index (Phi) is 24.1. The van der Waals surface area contributed by atoms with Crippen LogP contribution in [0.5, 0.6) is 0 Å². The maximum atomic E-state index is 14.2. The van der Waals surface area contributed by atoms with E-state index in [4.69, 9.17) is 57.9 Å². The van der Waals surface area contributed by atoms with Gasteiger partial charge in [-0.2, -0.15) is 15.0 Å². The highest BCUT2D eigenvalue weighted by molar-refractivity contribution is 5.85. The van der Waals surface area contributed by atoms with Crippen molar-refractivity contribution in [3.8, 4) is 12.3 Å². The number of aryl methyl sites for hydroxylation is 2. The lowest BCUT2D eigenvalue weighted by Crippen LogP contribution is -2.52. The SMILES string of the molecule is C#CCOCCOCCOCCNc1nc(N2CCN(C(=O)[C@H]([C@@H](C)CC)n3cc(CCCN=C(N)N)nn3)CC2)nc(N2CCN(C(=O)[C@H](CCCCN)n3cc(CCC(=O)O)nn3)CC2)n1.Cl. The van der Waals surface area contributed by atoms with Crippen molar-refractivity contribution in [2.75, 3.05) is 127 Å². The molecule has 0 bridgehead atoms. The van der Waals surface area contributed by atoms with E-state index in [0.29, 0.717) is 148 Å². The number of halogens is 1. The van der Waals surface area contributed by atoms with Crippen molar-refractivity contribution in [3.05, 3.63) is 23.8 Å². The Balaban J connectivity index is 0.0000104. The molecule has 0 radical (unpaired) electrons. The Morgan fingerprint density at radius 3 is 1.99 bits per heavy atom. The number of nitrogens with two attached hydrogens (primary N) is 3. The molecule has 3 aromatic rings. The first-order valence-electron chi connectivity index (χ1n) is 23.5. The Hall–Kier alpha value is -5.94. The minimum atomic E-state index is -0.930. The van der Waals surface area contributed by atoms with E-state index < -0.39 is 18.1 Å². The van der Waals surface area contributed by atoms with Crippen LogP contribution in [-0.2, 0) is 41.4 Å². The number of aromatic nitrogens is 9. The molecule has 0 saturated carbocycles. The summed E-state index contributed by atoms with van der Waals surface area (Å²) in [6.07, 6.45) is 12.9. The van der Waals surface area contributed by atoms with Crippen LogP contribution >= 0.6 is 12.4 Å². The number of anilines is 3. The van der Waals surface area contributed by atoms with Gasteiger partial charge in [-0.05, 0) is 44.6 Å². The van der Waals surface area contributed by atoms with E-state index in [0.717, 1.165) is 25.0 Å². The van der Waals surface area contributed by atoms with E-state index in [-0.39, 0.29) is 55.5 Å². The number of ether oxygens (including phenoxy) is 3. The summed E-state index contributed by atoms with van der Waals surface area (Å²) in [6, 6.07) is -1.12. The highest BCUT2D eigenvalue weighted by atomic mass is 35.5. The summed E-state index contributed by atoms with van der Waals surface area (Å²) in [5.74, 6) is 2.73. The van der Waals surface area contributed by atoms with Gasteiger partial charge in [0.05, 0.1) is 50.8 Å². The first kappa shape index (κ1) is 55.7. The zero-order chi connectivity index (χ0) is 48.7. The summed E-state index contributed by atoms with van der Waals surface area (Å²) in [5.41, 5.74) is 18.0. The van der Waals surface area contributed by atoms with Crippen LogP contribution < -0.4 is 32.3 Å². The lowest BCUT2D eigenvalue weighted by atomic mass is 9.97. The third-order valence-electron chi connectivity index (χ3n) is 11.7. The molecule has 0 aliphatic carbocycles. The molecule has 8 N–H and O–H groups in total. The predicted molar refractivity (Wildman–Crippen MR) is 260 cm³/mol. The molecular formula is C43H71ClN18O7. The van der Waals surface area contributed by atoms with Crippen LogP contribution in [-0.4, -0.2) is 195 Å². The van der Waals surface area contributed by atoms with Crippen molar-refractivity contribution >= 4 is 54.0 Å². The molecule has 0 aromatic carbocycles. The van der Waals surface area contributed by atoms with Crippen LogP contribution in [0.15, 0.2) is 17.4 Å². The number of carboxylic acids is 1. The van der Waals surface area contributed by atoms with Crippen LogP contribution in [0.2, 0.25) is 0 Å². The van der Waals surface area contributed by atoms with Gasteiger partial charge in [0.2, 0.25) is 29.7 Å². The fourth-order valence-corrected chi connectivity index (χ4v) is 7.71. The molecule has 2 amide bonds. The lowest BCUT2D eigenvalue weighted by Gasteiger charge is -2.38. The van der Waals surface area contributed by atoms with Gasteiger partial charge < -0.3 is 61.4 Å². The number of guanidine groups is 1. The third kappa shape index (κ3) is 17.8. The number of carbonyl (C=O) groups excluding carboxylic acids is 2. The number of hydrogen-bond donors (Lipinski definition) is 5. The molecule has 25 nitrogen and oxygen atoms in total. The highest BCUT2D eigenvalue weighted by Crippen LogP contribution is 2.26. The van der Waals surface area contributed by atoms with Crippen LogP contribution in [0, 0.1) is 18.3 Å². The summed E-state index contributed by atoms with van der Waals surface area (Å²) in [7, 11) is 0. The van der Waals surface area contributed by atoms with Gasteiger partial charge in [-0.25, -0.2) is 9.36 Å². The first-order chi connectivity index (χ1) is 33.0. The number of carbonyl (C=O) groups is 3. The number of rotatable bonds is 30. The van der Waals surface area contributed by atoms with Crippen LogP contribution in [0.4, 0.5) is 17.8 Å². The van der Waals surface area contributed by atoms with Crippen molar-refractivity contribution in [2.45, 2.75) is 77.3 Å². The third-order valence-corrected chi connectivity index (χ3v) is 11.7. The van der Waals surface area contributed by atoms with Crippen molar-refractivity contribution in [1.82, 2.24) is 54.7 Å². The number of terminal acetylenes is 1. The standard InChI is InChI=1S/C43H70N18O7.ClH/c1-4-24-66-26-28-68-29-27-67-25-15-48-41-49-42(58-20-16-56(17-21-58)38(64)35(10-6-7-13-44)60-30-34(53-54-60)11-12-36(62)63)51-43(50-41)59-22-18-57(19-23-59)39(65)37(32(3)5-2)61-31-33(52-55-61)9-8-14-47-40(45)46;/h1,30-32,35,37H,5-29,44H2,2-3H3,(H,62,63)(H4,45,46,47)(H,48,49,50,51);1H/t32-,35-,37-;/m0./s1. The van der Waals surface area contributed by atoms with Gasteiger partial charge in [0.15, 0.2) is 5.96 Å². The molecule has 0 unspecified atom stereocenters. The van der Waals surface area contributed by atoms with Gasteiger partial charge in [-0.1, -0.05) is 36.6 Å². The Labute approximate surface area is 409 Å². The first-order valence-corrected chi connectivity index (χ1v) is 23.5. The van der Waals surface area contributed by atoms with Crippen molar-refractivity contribution < 1.29 is 33.7 Å².